The molecule has 5 atom stereocenters. The van der Waals surface area contributed by atoms with E-state index < -0.39 is 5.60 Å². The minimum Gasteiger partial charge on any atom is -0.444 e. The third-order valence-electron chi connectivity index (χ3n) is 5.61. The maximum absolute atomic E-state index is 12.3. The fourth-order valence-electron chi connectivity index (χ4n) is 3.86. The van der Waals surface area contributed by atoms with Gasteiger partial charge in [-0.1, -0.05) is 44.2 Å². The lowest BCUT2D eigenvalue weighted by molar-refractivity contribution is -0.0118. The van der Waals surface area contributed by atoms with Crippen molar-refractivity contribution < 1.29 is 9.53 Å². The first-order chi connectivity index (χ1) is 11.6. The molecular formula is C21H34N2O2. The molecule has 0 aromatic heterocycles. The van der Waals surface area contributed by atoms with Crippen LogP contribution in [0.4, 0.5) is 4.79 Å². The zero-order valence-corrected chi connectivity index (χ0v) is 16.7. The molecule has 0 bridgehead atoms. The Hall–Kier alpha value is -1.55. The summed E-state index contributed by atoms with van der Waals surface area (Å²) in [5, 5.41) is 3.14. The van der Waals surface area contributed by atoms with Crippen LogP contribution in [0.3, 0.4) is 0 Å². The van der Waals surface area contributed by atoms with Gasteiger partial charge in [0.25, 0.3) is 0 Å². The third kappa shape index (κ3) is 4.97. The van der Waals surface area contributed by atoms with Crippen molar-refractivity contribution in [2.75, 3.05) is 0 Å². The molecule has 1 saturated heterocycles. The molecule has 1 fully saturated rings. The highest BCUT2D eigenvalue weighted by Crippen LogP contribution is 2.34. The molecule has 0 unspecified atom stereocenters. The maximum atomic E-state index is 12.3. The highest BCUT2D eigenvalue weighted by atomic mass is 16.6. The lowest BCUT2D eigenvalue weighted by Crippen LogP contribution is -2.63. The van der Waals surface area contributed by atoms with Gasteiger partial charge in [-0.2, -0.15) is 0 Å². The van der Waals surface area contributed by atoms with Crippen LogP contribution in [0, 0.1) is 11.8 Å². The number of rotatable bonds is 3. The number of ether oxygens (including phenoxy) is 1. The van der Waals surface area contributed by atoms with Gasteiger partial charge in [0.15, 0.2) is 0 Å². The van der Waals surface area contributed by atoms with Crippen molar-refractivity contribution in [2.45, 2.75) is 78.7 Å². The lowest BCUT2D eigenvalue weighted by Gasteiger charge is -2.50. The molecule has 0 aliphatic carbocycles. The van der Waals surface area contributed by atoms with Crippen LogP contribution in [0.5, 0.6) is 0 Å². The molecule has 1 amide bonds. The normalized spacial score (nSPS) is 30.8. The first-order valence-electron chi connectivity index (χ1n) is 9.39. The Morgan fingerprint density at radius 3 is 2.20 bits per heavy atom. The molecular weight excluding hydrogens is 312 g/mol. The molecule has 25 heavy (non-hydrogen) atoms. The van der Waals surface area contributed by atoms with Gasteiger partial charge in [0.2, 0.25) is 0 Å². The molecule has 1 aliphatic rings. The first kappa shape index (κ1) is 19.8. The van der Waals surface area contributed by atoms with Crippen LogP contribution in [0.1, 0.15) is 54.0 Å². The maximum Gasteiger partial charge on any atom is 0.407 e. The topological polar surface area (TPSA) is 41.6 Å². The summed E-state index contributed by atoms with van der Waals surface area (Å²) in [7, 11) is 0. The molecule has 0 spiro atoms. The zero-order chi connectivity index (χ0) is 18.8. The first-order valence-corrected chi connectivity index (χ1v) is 9.39. The van der Waals surface area contributed by atoms with Gasteiger partial charge in [0, 0.05) is 18.6 Å². The number of amides is 1. The van der Waals surface area contributed by atoms with E-state index in [0.717, 1.165) is 6.54 Å². The Morgan fingerprint density at radius 2 is 1.64 bits per heavy atom. The Balaban J connectivity index is 2.14. The van der Waals surface area contributed by atoms with Gasteiger partial charge in [-0.05, 0) is 52.0 Å². The molecule has 0 radical (unpaired) electrons. The summed E-state index contributed by atoms with van der Waals surface area (Å²) in [4.78, 5) is 14.8. The number of hydrogen-bond donors (Lipinski definition) is 1. The average Bonchev–Trinajstić information content (AvgIpc) is 2.53. The van der Waals surface area contributed by atoms with Crippen molar-refractivity contribution in [3.05, 3.63) is 35.9 Å². The largest absolute Gasteiger partial charge is 0.444 e. The monoisotopic (exact) mass is 346 g/mol. The molecule has 1 N–H and O–H groups in total. The van der Waals surface area contributed by atoms with E-state index in [2.05, 4.69) is 62.2 Å². The van der Waals surface area contributed by atoms with Gasteiger partial charge in [-0.15, -0.1) is 0 Å². The van der Waals surface area contributed by atoms with E-state index in [4.69, 9.17) is 4.74 Å². The number of alkyl carbamates (subject to hydrolysis) is 1. The van der Waals surface area contributed by atoms with Crippen LogP contribution < -0.4 is 5.32 Å². The molecule has 4 heteroatoms. The van der Waals surface area contributed by atoms with E-state index in [1.165, 1.54) is 5.56 Å². The Labute approximate surface area is 152 Å². The summed E-state index contributed by atoms with van der Waals surface area (Å²) < 4.78 is 5.48. The predicted molar refractivity (Wildman–Crippen MR) is 102 cm³/mol. The zero-order valence-electron chi connectivity index (χ0n) is 16.7. The molecule has 0 saturated carbocycles. The van der Waals surface area contributed by atoms with Crippen LogP contribution in [0.25, 0.3) is 0 Å². The number of nitrogens with one attached hydrogen (secondary N) is 1. The number of hydrogen-bond acceptors (Lipinski definition) is 3. The smallest absolute Gasteiger partial charge is 0.407 e. The van der Waals surface area contributed by atoms with Gasteiger partial charge >= 0.3 is 6.09 Å². The number of piperidine rings is 1. The van der Waals surface area contributed by atoms with Crippen molar-refractivity contribution in [3.8, 4) is 0 Å². The molecule has 1 heterocycles. The standard InChI is InChI=1S/C21H34N2O2/c1-14-15(2)19(22-20(24)25-21(5,6)7)17(4)23(16(14)3)13-18-11-9-8-10-12-18/h8-12,14-17,19H,13H2,1-7H3,(H,22,24)/t14-,15-,16-,17+,19+/m1/s1. The van der Waals surface area contributed by atoms with E-state index >= 15 is 0 Å². The third-order valence-corrected chi connectivity index (χ3v) is 5.61. The number of carbonyl (C=O) groups is 1. The van der Waals surface area contributed by atoms with E-state index in [1.54, 1.807) is 0 Å². The van der Waals surface area contributed by atoms with Gasteiger partial charge < -0.3 is 10.1 Å². The van der Waals surface area contributed by atoms with Crippen LogP contribution >= 0.6 is 0 Å². The van der Waals surface area contributed by atoms with Crippen molar-refractivity contribution in [1.82, 2.24) is 10.2 Å². The second-order valence-corrected chi connectivity index (χ2v) is 8.53. The summed E-state index contributed by atoms with van der Waals surface area (Å²) in [6, 6.07) is 11.3. The second-order valence-electron chi connectivity index (χ2n) is 8.53. The summed E-state index contributed by atoms with van der Waals surface area (Å²) in [6.07, 6.45) is -0.322. The summed E-state index contributed by atoms with van der Waals surface area (Å²) in [5.41, 5.74) is 0.826. The number of benzene rings is 1. The SMILES string of the molecule is C[C@@H]1[C@@H](C)[C@@H](C)N(Cc2ccccc2)[C@@H](C)[C@H]1NC(=O)OC(C)(C)C. The molecule has 1 aromatic rings. The van der Waals surface area contributed by atoms with E-state index in [0.29, 0.717) is 17.9 Å². The van der Waals surface area contributed by atoms with Crippen LogP contribution in [0.15, 0.2) is 30.3 Å². The summed E-state index contributed by atoms with van der Waals surface area (Å²) in [5.74, 6) is 0.879. The van der Waals surface area contributed by atoms with E-state index in [-0.39, 0.29) is 18.2 Å². The van der Waals surface area contributed by atoms with Crippen LogP contribution in [0.2, 0.25) is 0 Å². The minimum absolute atomic E-state index is 0.0739. The Kier molecular flexibility index (Phi) is 6.15. The minimum atomic E-state index is -0.478. The van der Waals surface area contributed by atoms with Gasteiger partial charge in [0.05, 0.1) is 6.04 Å². The van der Waals surface area contributed by atoms with Gasteiger partial charge in [-0.25, -0.2) is 4.79 Å². The highest BCUT2D eigenvalue weighted by molar-refractivity contribution is 5.68. The van der Waals surface area contributed by atoms with Gasteiger partial charge in [0.1, 0.15) is 5.60 Å². The second kappa shape index (κ2) is 7.77. The highest BCUT2D eigenvalue weighted by Gasteiger charge is 2.42. The molecule has 4 nitrogen and oxygen atoms in total. The predicted octanol–water partition coefficient (Wildman–Crippen LogP) is 4.44. The average molecular weight is 347 g/mol. The van der Waals surface area contributed by atoms with Crippen molar-refractivity contribution in [3.63, 3.8) is 0 Å². The number of likely N-dealkylation sites (tertiary alicyclic amines) is 1. The molecule has 1 aliphatic heterocycles. The lowest BCUT2D eigenvalue weighted by atomic mass is 9.76. The number of carbonyl (C=O) groups excluding carboxylic acids is 1. The van der Waals surface area contributed by atoms with Crippen molar-refractivity contribution in [2.24, 2.45) is 11.8 Å². The van der Waals surface area contributed by atoms with E-state index in [9.17, 15) is 4.79 Å². The van der Waals surface area contributed by atoms with Gasteiger partial charge in [-0.3, -0.25) is 4.90 Å². The van der Waals surface area contributed by atoms with Crippen molar-refractivity contribution >= 4 is 6.09 Å². The molecule has 140 valence electrons. The number of nitrogens with zero attached hydrogens (tertiary/aromatic N) is 1. The summed E-state index contributed by atoms with van der Waals surface area (Å²) in [6.45, 7) is 15.6. The van der Waals surface area contributed by atoms with E-state index in [1.807, 2.05) is 26.8 Å². The van der Waals surface area contributed by atoms with Crippen molar-refractivity contribution in [1.29, 1.82) is 0 Å². The Bertz CT molecular complexity index is 567. The Morgan fingerprint density at radius 1 is 1.04 bits per heavy atom. The fraction of sp³-hybridized carbons (Fsp3) is 0.667. The molecule has 2 rings (SSSR count). The van der Waals surface area contributed by atoms with Crippen LogP contribution in [-0.4, -0.2) is 34.7 Å². The quantitative estimate of drug-likeness (QED) is 0.879. The molecule has 1 aromatic carbocycles. The summed E-state index contributed by atoms with van der Waals surface area (Å²) >= 11 is 0. The fourth-order valence-corrected chi connectivity index (χ4v) is 3.86. The van der Waals surface area contributed by atoms with Crippen LogP contribution in [-0.2, 0) is 11.3 Å².